The molecule has 1 aliphatic carbocycles. The molecule has 0 saturated heterocycles. The molecule has 1 aliphatic rings. The van der Waals surface area contributed by atoms with Gasteiger partial charge in [-0.05, 0) is 30.4 Å². The topological polar surface area (TPSA) is 83.6 Å². The number of carboxylic acids is 1. The second-order valence-electron chi connectivity index (χ2n) is 5.57. The summed E-state index contributed by atoms with van der Waals surface area (Å²) in [5.41, 5.74) is 8.02. The average Bonchev–Trinajstić information content (AvgIpc) is 3.28. The van der Waals surface area contributed by atoms with Gasteiger partial charge in [-0.15, -0.1) is 0 Å². The molecule has 1 amide bonds. The Kier molecular flexibility index (Phi) is 4.96. The SMILES string of the molecule is CCc1ccc(CN(C(=O)C(N)CC(=O)O)C2CC2)cc1. The largest absolute Gasteiger partial charge is 0.481 e. The highest BCUT2D eigenvalue weighted by molar-refractivity contribution is 5.86. The smallest absolute Gasteiger partial charge is 0.305 e. The Balaban J connectivity index is 2.04. The summed E-state index contributed by atoms with van der Waals surface area (Å²) in [5.74, 6) is -1.31. The van der Waals surface area contributed by atoms with Crippen LogP contribution < -0.4 is 5.73 Å². The van der Waals surface area contributed by atoms with Gasteiger partial charge < -0.3 is 15.7 Å². The second kappa shape index (κ2) is 6.72. The van der Waals surface area contributed by atoms with Crippen LogP contribution in [0.4, 0.5) is 0 Å². The van der Waals surface area contributed by atoms with Gasteiger partial charge in [-0.25, -0.2) is 0 Å². The van der Waals surface area contributed by atoms with Crippen LogP contribution in [-0.2, 0) is 22.6 Å². The van der Waals surface area contributed by atoms with Crippen molar-refractivity contribution >= 4 is 11.9 Å². The van der Waals surface area contributed by atoms with E-state index in [4.69, 9.17) is 10.8 Å². The molecule has 1 aromatic rings. The number of amides is 1. The summed E-state index contributed by atoms with van der Waals surface area (Å²) in [6, 6.07) is 7.40. The summed E-state index contributed by atoms with van der Waals surface area (Å²) in [5, 5.41) is 8.77. The van der Waals surface area contributed by atoms with Crippen molar-refractivity contribution in [3.8, 4) is 0 Å². The van der Waals surface area contributed by atoms with Crippen LogP contribution in [0.2, 0.25) is 0 Å². The van der Waals surface area contributed by atoms with E-state index in [-0.39, 0.29) is 18.4 Å². The fraction of sp³-hybridized carbons (Fsp3) is 0.500. The lowest BCUT2D eigenvalue weighted by Crippen LogP contribution is -2.45. The highest BCUT2D eigenvalue weighted by atomic mass is 16.4. The molecule has 5 heteroatoms. The molecular weight excluding hydrogens is 268 g/mol. The summed E-state index contributed by atoms with van der Waals surface area (Å²) >= 11 is 0. The Labute approximate surface area is 124 Å². The Morgan fingerprint density at radius 2 is 1.86 bits per heavy atom. The van der Waals surface area contributed by atoms with Gasteiger partial charge in [0.05, 0.1) is 12.5 Å². The Morgan fingerprint density at radius 1 is 1.29 bits per heavy atom. The van der Waals surface area contributed by atoms with Crippen molar-refractivity contribution in [1.29, 1.82) is 0 Å². The number of nitrogens with two attached hydrogens (primary N) is 1. The number of carbonyl (C=O) groups is 2. The third-order valence-corrected chi connectivity index (χ3v) is 3.77. The van der Waals surface area contributed by atoms with E-state index in [1.165, 1.54) is 5.56 Å². The number of benzene rings is 1. The van der Waals surface area contributed by atoms with Crippen LogP contribution in [0.3, 0.4) is 0 Å². The van der Waals surface area contributed by atoms with Crippen molar-refractivity contribution in [3.63, 3.8) is 0 Å². The van der Waals surface area contributed by atoms with Gasteiger partial charge in [0.1, 0.15) is 0 Å². The minimum atomic E-state index is -1.04. The molecule has 2 rings (SSSR count). The summed E-state index contributed by atoms with van der Waals surface area (Å²) in [6.45, 7) is 2.60. The number of hydrogen-bond acceptors (Lipinski definition) is 3. The monoisotopic (exact) mass is 290 g/mol. The Morgan fingerprint density at radius 3 is 2.33 bits per heavy atom. The van der Waals surface area contributed by atoms with Gasteiger partial charge in [0, 0.05) is 12.6 Å². The number of carbonyl (C=O) groups excluding carboxylic acids is 1. The van der Waals surface area contributed by atoms with E-state index in [0.29, 0.717) is 6.54 Å². The van der Waals surface area contributed by atoms with Gasteiger partial charge in [-0.3, -0.25) is 9.59 Å². The standard InChI is InChI=1S/C16H22N2O3/c1-2-11-3-5-12(6-4-11)10-18(13-7-8-13)16(21)14(17)9-15(19)20/h3-6,13-14H,2,7-10,17H2,1H3,(H,19,20). The highest BCUT2D eigenvalue weighted by Gasteiger charge is 2.35. The zero-order valence-corrected chi connectivity index (χ0v) is 12.3. The molecule has 0 spiro atoms. The summed E-state index contributed by atoms with van der Waals surface area (Å²) in [4.78, 5) is 24.8. The quantitative estimate of drug-likeness (QED) is 0.798. The molecule has 5 nitrogen and oxygen atoms in total. The fourth-order valence-electron chi connectivity index (χ4n) is 2.34. The van der Waals surface area contributed by atoms with E-state index in [1.807, 2.05) is 12.1 Å². The van der Waals surface area contributed by atoms with Crippen LogP contribution in [-0.4, -0.2) is 34.0 Å². The summed E-state index contributed by atoms with van der Waals surface area (Å²) in [7, 11) is 0. The number of rotatable bonds is 7. The lowest BCUT2D eigenvalue weighted by Gasteiger charge is -2.25. The molecule has 0 heterocycles. The van der Waals surface area contributed by atoms with Crippen LogP contribution in [0.1, 0.15) is 37.3 Å². The maximum absolute atomic E-state index is 12.3. The van der Waals surface area contributed by atoms with Crippen LogP contribution in [0.25, 0.3) is 0 Å². The van der Waals surface area contributed by atoms with Crippen LogP contribution in [0.15, 0.2) is 24.3 Å². The van der Waals surface area contributed by atoms with Gasteiger partial charge in [0.15, 0.2) is 0 Å². The molecule has 0 bridgehead atoms. The molecule has 1 atom stereocenters. The maximum Gasteiger partial charge on any atom is 0.305 e. The lowest BCUT2D eigenvalue weighted by atomic mass is 10.1. The number of aryl methyl sites for hydroxylation is 1. The number of hydrogen-bond donors (Lipinski definition) is 2. The van der Waals surface area contributed by atoms with Crippen molar-refractivity contribution in [3.05, 3.63) is 35.4 Å². The van der Waals surface area contributed by atoms with Crippen molar-refractivity contribution in [2.75, 3.05) is 0 Å². The summed E-state index contributed by atoms with van der Waals surface area (Å²) in [6.07, 6.45) is 2.60. The molecule has 1 aromatic carbocycles. The van der Waals surface area contributed by atoms with Gasteiger partial charge in [0.25, 0.3) is 0 Å². The van der Waals surface area contributed by atoms with Gasteiger partial charge in [0.2, 0.25) is 5.91 Å². The van der Waals surface area contributed by atoms with E-state index in [9.17, 15) is 9.59 Å². The molecule has 0 radical (unpaired) electrons. The highest BCUT2D eigenvalue weighted by Crippen LogP contribution is 2.29. The first kappa shape index (κ1) is 15.5. The minimum Gasteiger partial charge on any atom is -0.481 e. The van der Waals surface area contributed by atoms with E-state index in [2.05, 4.69) is 19.1 Å². The molecule has 0 aliphatic heterocycles. The third kappa shape index (κ3) is 4.29. The number of nitrogens with zero attached hydrogens (tertiary/aromatic N) is 1. The van der Waals surface area contributed by atoms with Crippen molar-refractivity contribution in [2.45, 2.75) is 51.2 Å². The van der Waals surface area contributed by atoms with E-state index < -0.39 is 12.0 Å². The van der Waals surface area contributed by atoms with Crippen LogP contribution in [0.5, 0.6) is 0 Å². The van der Waals surface area contributed by atoms with E-state index in [1.54, 1.807) is 4.90 Å². The fourth-order valence-corrected chi connectivity index (χ4v) is 2.34. The van der Waals surface area contributed by atoms with Crippen molar-refractivity contribution in [2.24, 2.45) is 5.73 Å². The van der Waals surface area contributed by atoms with Gasteiger partial charge in [-0.1, -0.05) is 31.2 Å². The Bertz CT molecular complexity index is 509. The maximum atomic E-state index is 12.3. The normalized spacial score (nSPS) is 15.5. The first-order chi connectivity index (χ1) is 10.0. The molecule has 1 unspecified atom stereocenters. The lowest BCUT2D eigenvalue weighted by molar-refractivity contribution is -0.142. The molecule has 114 valence electrons. The van der Waals surface area contributed by atoms with E-state index >= 15 is 0 Å². The zero-order chi connectivity index (χ0) is 15.4. The average molecular weight is 290 g/mol. The molecule has 1 saturated carbocycles. The third-order valence-electron chi connectivity index (χ3n) is 3.77. The molecular formula is C16H22N2O3. The first-order valence-corrected chi connectivity index (χ1v) is 7.37. The van der Waals surface area contributed by atoms with Crippen molar-refractivity contribution < 1.29 is 14.7 Å². The first-order valence-electron chi connectivity index (χ1n) is 7.37. The Hall–Kier alpha value is -1.88. The molecule has 0 aromatic heterocycles. The van der Waals surface area contributed by atoms with Crippen LogP contribution >= 0.6 is 0 Å². The second-order valence-corrected chi connectivity index (χ2v) is 5.57. The number of carboxylic acid groups (broad SMARTS) is 1. The number of aliphatic carboxylic acids is 1. The molecule has 21 heavy (non-hydrogen) atoms. The molecule has 1 fully saturated rings. The summed E-state index contributed by atoms with van der Waals surface area (Å²) < 4.78 is 0. The predicted octanol–water partition coefficient (Wildman–Crippen LogP) is 1.54. The van der Waals surface area contributed by atoms with Crippen molar-refractivity contribution in [1.82, 2.24) is 4.90 Å². The minimum absolute atomic E-state index is 0.211. The van der Waals surface area contributed by atoms with Gasteiger partial charge in [-0.2, -0.15) is 0 Å². The van der Waals surface area contributed by atoms with Crippen LogP contribution in [0, 0.1) is 0 Å². The van der Waals surface area contributed by atoms with E-state index in [0.717, 1.165) is 24.8 Å². The van der Waals surface area contributed by atoms with Gasteiger partial charge >= 0.3 is 5.97 Å². The molecule has 3 N–H and O–H groups in total. The predicted molar refractivity (Wildman–Crippen MR) is 79.6 cm³/mol. The zero-order valence-electron chi connectivity index (χ0n) is 12.3.